The maximum atomic E-state index is 12.7. The number of ketones is 1. The molecule has 3 rings (SSSR count). The van der Waals surface area contributed by atoms with Gasteiger partial charge in [0.25, 0.3) is 0 Å². The van der Waals surface area contributed by atoms with Gasteiger partial charge in [-0.3, -0.25) is 4.79 Å². The van der Waals surface area contributed by atoms with Gasteiger partial charge >= 0.3 is 5.63 Å². The summed E-state index contributed by atoms with van der Waals surface area (Å²) in [6.45, 7) is 11.7. The molecule has 33 heavy (non-hydrogen) atoms. The lowest BCUT2D eigenvalue weighted by Gasteiger charge is -2.24. The monoisotopic (exact) mass is 466 g/mol. The zero-order valence-corrected chi connectivity index (χ0v) is 20.7. The highest BCUT2D eigenvalue weighted by Gasteiger charge is 2.24. The van der Waals surface area contributed by atoms with Crippen molar-refractivity contribution in [2.24, 2.45) is 5.41 Å². The third-order valence-corrected chi connectivity index (χ3v) is 6.28. The molecule has 0 bridgehead atoms. The number of carbonyl (C=O) groups excluding carboxylic acids is 1. The van der Waals surface area contributed by atoms with Crippen LogP contribution in [0.4, 0.5) is 0 Å². The van der Waals surface area contributed by atoms with Gasteiger partial charge in [0, 0.05) is 21.9 Å². The molecule has 0 aliphatic rings. The zero-order valence-electron chi connectivity index (χ0n) is 19.9. The second-order valence-corrected chi connectivity index (χ2v) is 11.0. The maximum Gasteiger partial charge on any atom is 0.354 e. The van der Waals surface area contributed by atoms with Gasteiger partial charge < -0.3 is 14.3 Å². The second kappa shape index (κ2) is 9.48. The number of Topliss-reactive ketones (excluding diaryl/α,β-unsaturated/α-hetero) is 1. The van der Waals surface area contributed by atoms with Crippen LogP contribution in [-0.4, -0.2) is 17.5 Å². The summed E-state index contributed by atoms with van der Waals surface area (Å²) >= 11 is 1.16. The molecule has 0 unspecified atom stereocenters. The van der Waals surface area contributed by atoms with Crippen molar-refractivity contribution in [2.75, 3.05) is 6.61 Å². The highest BCUT2D eigenvalue weighted by atomic mass is 32.2. The minimum absolute atomic E-state index is 0.00903. The maximum absolute atomic E-state index is 12.7. The Morgan fingerprint density at radius 3 is 2.24 bits per heavy atom. The summed E-state index contributed by atoms with van der Waals surface area (Å²) in [5.74, 6) is 0.772. The lowest BCUT2D eigenvalue weighted by Crippen LogP contribution is -2.26. The molecule has 0 spiro atoms. The van der Waals surface area contributed by atoms with E-state index in [1.165, 1.54) is 6.07 Å². The van der Waals surface area contributed by atoms with Gasteiger partial charge in [0.1, 0.15) is 28.8 Å². The number of rotatable bonds is 6. The van der Waals surface area contributed by atoms with E-state index in [1.54, 1.807) is 6.07 Å². The molecular formula is C27H30O5S. The molecule has 1 heterocycles. The van der Waals surface area contributed by atoms with Crippen LogP contribution in [-0.2, 0) is 10.2 Å². The van der Waals surface area contributed by atoms with Gasteiger partial charge in [-0.1, -0.05) is 83.6 Å². The molecule has 1 aromatic heterocycles. The van der Waals surface area contributed by atoms with Crippen LogP contribution in [0.1, 0.15) is 47.1 Å². The average molecular weight is 467 g/mol. The lowest BCUT2D eigenvalue weighted by atomic mass is 9.87. The van der Waals surface area contributed by atoms with Crippen LogP contribution in [0, 0.1) is 5.41 Å². The molecule has 3 aromatic rings. The van der Waals surface area contributed by atoms with Crippen molar-refractivity contribution in [1.29, 1.82) is 0 Å². The van der Waals surface area contributed by atoms with Crippen molar-refractivity contribution in [3.63, 3.8) is 0 Å². The van der Waals surface area contributed by atoms with Gasteiger partial charge in [-0.15, -0.1) is 0 Å². The Morgan fingerprint density at radius 1 is 1.00 bits per heavy atom. The van der Waals surface area contributed by atoms with Crippen molar-refractivity contribution in [2.45, 2.75) is 56.7 Å². The molecule has 0 atom stereocenters. The highest BCUT2D eigenvalue weighted by molar-refractivity contribution is 7.99. The Balaban J connectivity index is 1.92. The molecular weight excluding hydrogens is 436 g/mol. The van der Waals surface area contributed by atoms with Crippen molar-refractivity contribution < 1.29 is 19.1 Å². The predicted molar refractivity (Wildman–Crippen MR) is 131 cm³/mol. The van der Waals surface area contributed by atoms with E-state index < -0.39 is 11.0 Å². The van der Waals surface area contributed by atoms with Crippen LogP contribution in [0.2, 0.25) is 0 Å². The average Bonchev–Trinajstić information content (AvgIpc) is 2.74. The van der Waals surface area contributed by atoms with Gasteiger partial charge in [-0.25, -0.2) is 4.79 Å². The molecule has 0 saturated heterocycles. The SMILES string of the molecule is CC(C)(C)C(=O)COc1ccc(Sc2c(O)cc(-c3ccccc3)oc2=O)c(C(C)(C)C)c1. The van der Waals surface area contributed by atoms with Crippen LogP contribution in [0.15, 0.2) is 73.6 Å². The van der Waals surface area contributed by atoms with E-state index in [-0.39, 0.29) is 28.5 Å². The van der Waals surface area contributed by atoms with Gasteiger partial charge in [0.2, 0.25) is 0 Å². The summed E-state index contributed by atoms with van der Waals surface area (Å²) in [4.78, 5) is 25.9. The van der Waals surface area contributed by atoms with Gasteiger partial charge in [0.15, 0.2) is 5.78 Å². The smallest absolute Gasteiger partial charge is 0.354 e. The first-order valence-corrected chi connectivity index (χ1v) is 11.6. The summed E-state index contributed by atoms with van der Waals surface area (Å²) < 4.78 is 11.3. The van der Waals surface area contributed by atoms with E-state index in [4.69, 9.17) is 9.15 Å². The molecule has 1 N–H and O–H groups in total. The van der Waals surface area contributed by atoms with Crippen LogP contribution in [0.5, 0.6) is 11.5 Å². The number of hydrogen-bond acceptors (Lipinski definition) is 6. The normalized spacial score (nSPS) is 11.9. The summed E-state index contributed by atoms with van der Waals surface area (Å²) in [5.41, 5.74) is 0.299. The van der Waals surface area contributed by atoms with E-state index in [1.807, 2.05) is 63.2 Å². The molecule has 5 nitrogen and oxygen atoms in total. The standard InChI is InChI=1S/C27H30O5S/c1-26(2,3)19-14-18(31-16-23(29)27(4,5)6)12-13-22(19)33-24-20(28)15-21(32-25(24)30)17-10-8-7-9-11-17/h7-15,28H,16H2,1-6H3. The Kier molecular flexibility index (Phi) is 7.08. The Bertz CT molecular complexity index is 1200. The highest BCUT2D eigenvalue weighted by Crippen LogP contribution is 2.41. The number of benzene rings is 2. The first-order chi connectivity index (χ1) is 15.4. The molecule has 0 radical (unpaired) electrons. The first-order valence-electron chi connectivity index (χ1n) is 10.8. The molecule has 0 aliphatic carbocycles. The quantitative estimate of drug-likeness (QED) is 0.449. The fourth-order valence-electron chi connectivity index (χ4n) is 3.06. The summed E-state index contributed by atoms with van der Waals surface area (Å²) in [6.07, 6.45) is 0. The van der Waals surface area contributed by atoms with Crippen LogP contribution >= 0.6 is 11.8 Å². The summed E-state index contributed by atoms with van der Waals surface area (Å²) in [7, 11) is 0. The zero-order chi connectivity index (χ0) is 24.4. The van der Waals surface area contributed by atoms with E-state index in [9.17, 15) is 14.7 Å². The molecule has 0 saturated carbocycles. The topological polar surface area (TPSA) is 76.7 Å². The van der Waals surface area contributed by atoms with Crippen molar-refractivity contribution in [3.8, 4) is 22.8 Å². The van der Waals surface area contributed by atoms with Crippen molar-refractivity contribution in [3.05, 3.63) is 70.6 Å². The fourth-order valence-corrected chi connectivity index (χ4v) is 4.18. The second-order valence-electron chi connectivity index (χ2n) is 9.95. The molecule has 0 amide bonds. The molecule has 0 aliphatic heterocycles. The van der Waals surface area contributed by atoms with Crippen LogP contribution in [0.3, 0.4) is 0 Å². The number of aromatic hydroxyl groups is 1. The van der Waals surface area contributed by atoms with Gasteiger partial charge in [-0.05, 0) is 29.2 Å². The van der Waals surface area contributed by atoms with Gasteiger partial charge in [0.05, 0.1) is 0 Å². The van der Waals surface area contributed by atoms with Crippen LogP contribution in [0.25, 0.3) is 11.3 Å². The van der Waals surface area contributed by atoms with E-state index in [2.05, 4.69) is 20.8 Å². The predicted octanol–water partition coefficient (Wildman–Crippen LogP) is 6.46. The number of ether oxygens (including phenoxy) is 1. The first kappa shape index (κ1) is 24.6. The Labute approximate surface area is 198 Å². The lowest BCUT2D eigenvalue weighted by molar-refractivity contribution is -0.128. The third kappa shape index (κ3) is 6.08. The fraction of sp³-hybridized carbons (Fsp3) is 0.333. The molecule has 0 fully saturated rings. The number of carbonyl (C=O) groups is 1. The summed E-state index contributed by atoms with van der Waals surface area (Å²) in [6, 6.07) is 16.1. The van der Waals surface area contributed by atoms with Crippen LogP contribution < -0.4 is 10.4 Å². The van der Waals surface area contributed by atoms with E-state index in [0.29, 0.717) is 17.1 Å². The molecule has 6 heteroatoms. The van der Waals surface area contributed by atoms with E-state index >= 15 is 0 Å². The van der Waals surface area contributed by atoms with Crippen molar-refractivity contribution in [1.82, 2.24) is 0 Å². The third-order valence-electron chi connectivity index (χ3n) is 5.12. The summed E-state index contributed by atoms with van der Waals surface area (Å²) in [5, 5.41) is 10.6. The minimum atomic E-state index is -0.602. The van der Waals surface area contributed by atoms with E-state index in [0.717, 1.165) is 22.2 Å². The van der Waals surface area contributed by atoms with Gasteiger partial charge in [-0.2, -0.15) is 0 Å². The van der Waals surface area contributed by atoms with Crippen molar-refractivity contribution >= 4 is 17.5 Å². The Hall–Kier alpha value is -2.99. The minimum Gasteiger partial charge on any atom is -0.506 e. The molecule has 174 valence electrons. The number of hydrogen-bond donors (Lipinski definition) is 1. The Morgan fingerprint density at radius 2 is 1.67 bits per heavy atom. The largest absolute Gasteiger partial charge is 0.506 e. The molecule has 2 aromatic carbocycles.